The van der Waals surface area contributed by atoms with Gasteiger partial charge >= 0.3 is 0 Å². The summed E-state index contributed by atoms with van der Waals surface area (Å²) in [5, 5.41) is 17.6. The van der Waals surface area contributed by atoms with Crippen molar-refractivity contribution in [3.63, 3.8) is 0 Å². The Morgan fingerprint density at radius 3 is 2.38 bits per heavy atom. The van der Waals surface area contributed by atoms with E-state index in [0.29, 0.717) is 0 Å². The van der Waals surface area contributed by atoms with Gasteiger partial charge in [0.2, 0.25) is 0 Å². The molecule has 1 saturated carbocycles. The Hall–Kier alpha value is -0.0800. The Kier molecular flexibility index (Phi) is 1.86. The van der Waals surface area contributed by atoms with E-state index < -0.39 is 0 Å². The van der Waals surface area contributed by atoms with Crippen LogP contribution in [0.1, 0.15) is 19.3 Å². The zero-order valence-electron chi connectivity index (χ0n) is 4.88. The minimum absolute atomic E-state index is 0.154. The van der Waals surface area contributed by atoms with Gasteiger partial charge in [-0.3, -0.25) is 0 Å². The molecular formula is C6H12O2. The number of hydrogen-bond acceptors (Lipinski definition) is 2. The van der Waals surface area contributed by atoms with Gasteiger partial charge in [-0.1, -0.05) is 6.42 Å². The highest BCUT2D eigenvalue weighted by Gasteiger charge is 2.23. The molecule has 2 N–H and O–H groups in total. The summed E-state index contributed by atoms with van der Waals surface area (Å²) < 4.78 is 0. The predicted octanol–water partition coefficient (Wildman–Crippen LogP) is 0.140. The lowest BCUT2D eigenvalue weighted by Crippen LogP contribution is -2.16. The highest BCUT2D eigenvalue weighted by atomic mass is 16.3. The maximum absolute atomic E-state index is 9.03. The second kappa shape index (κ2) is 2.46. The molecule has 1 aliphatic rings. The number of aliphatic hydroxyl groups excluding tert-OH is 2. The third-order valence-electron chi connectivity index (χ3n) is 1.85. The van der Waals surface area contributed by atoms with Crippen LogP contribution >= 0.6 is 0 Å². The second-order valence-electron chi connectivity index (χ2n) is 2.44. The van der Waals surface area contributed by atoms with E-state index in [1.807, 2.05) is 0 Å². The molecule has 1 rings (SSSR count). The molecule has 0 saturated heterocycles. The van der Waals surface area contributed by atoms with Crippen LogP contribution in [0.3, 0.4) is 0 Å². The predicted molar refractivity (Wildman–Crippen MR) is 30.4 cm³/mol. The summed E-state index contributed by atoms with van der Waals surface area (Å²) in [6.07, 6.45) is 2.73. The average Bonchev–Trinajstić information content (AvgIpc) is 2.14. The van der Waals surface area contributed by atoms with E-state index in [4.69, 9.17) is 10.2 Å². The Balaban J connectivity index is 2.30. The summed E-state index contributed by atoms with van der Waals surface area (Å²) >= 11 is 0. The molecule has 2 heteroatoms. The van der Waals surface area contributed by atoms with E-state index in [1.54, 1.807) is 0 Å². The number of aliphatic hydroxyl groups is 2. The normalized spacial score (nSPS) is 38.2. The fourth-order valence-electron chi connectivity index (χ4n) is 1.23. The van der Waals surface area contributed by atoms with Crippen molar-refractivity contribution < 1.29 is 10.2 Å². The van der Waals surface area contributed by atoms with Gasteiger partial charge < -0.3 is 10.2 Å². The zero-order valence-corrected chi connectivity index (χ0v) is 4.88. The van der Waals surface area contributed by atoms with E-state index >= 15 is 0 Å². The topological polar surface area (TPSA) is 40.5 Å². The van der Waals surface area contributed by atoms with Crippen LogP contribution < -0.4 is 0 Å². The Labute approximate surface area is 49.1 Å². The Morgan fingerprint density at radius 1 is 1.38 bits per heavy atom. The van der Waals surface area contributed by atoms with Gasteiger partial charge in [0.1, 0.15) is 0 Å². The third kappa shape index (κ3) is 1.01. The monoisotopic (exact) mass is 116 g/mol. The molecule has 0 aromatic carbocycles. The van der Waals surface area contributed by atoms with E-state index in [-0.39, 0.29) is 18.6 Å². The van der Waals surface area contributed by atoms with Gasteiger partial charge in [0, 0.05) is 12.5 Å². The fraction of sp³-hybridized carbons (Fsp3) is 1.00. The first kappa shape index (κ1) is 6.05. The minimum Gasteiger partial charge on any atom is -0.396 e. The molecule has 0 aromatic rings. The summed E-state index contributed by atoms with van der Waals surface area (Å²) in [5.41, 5.74) is 0. The fourth-order valence-corrected chi connectivity index (χ4v) is 1.23. The molecule has 1 aliphatic carbocycles. The Morgan fingerprint density at radius 2 is 2.12 bits per heavy atom. The Bertz CT molecular complexity index is 72.9. The molecule has 0 bridgehead atoms. The van der Waals surface area contributed by atoms with Gasteiger partial charge in [-0.15, -0.1) is 0 Å². The third-order valence-corrected chi connectivity index (χ3v) is 1.85. The largest absolute Gasteiger partial charge is 0.396 e. The van der Waals surface area contributed by atoms with E-state index in [2.05, 4.69) is 0 Å². The van der Waals surface area contributed by atoms with Crippen molar-refractivity contribution in [3.8, 4) is 0 Å². The highest BCUT2D eigenvalue weighted by molar-refractivity contribution is 4.74. The zero-order chi connectivity index (χ0) is 5.98. The lowest BCUT2D eigenvalue weighted by Gasteiger charge is -2.08. The molecule has 2 atom stereocenters. The van der Waals surface area contributed by atoms with Crippen LogP contribution in [0.25, 0.3) is 0 Å². The highest BCUT2D eigenvalue weighted by Crippen LogP contribution is 2.24. The van der Waals surface area contributed by atoms with Crippen molar-refractivity contribution in [2.24, 2.45) is 5.92 Å². The molecule has 0 heterocycles. The molecule has 0 amide bonds. The van der Waals surface area contributed by atoms with E-state index in [1.165, 1.54) is 0 Å². The van der Waals surface area contributed by atoms with E-state index in [9.17, 15) is 0 Å². The van der Waals surface area contributed by atoms with Crippen LogP contribution in [0.5, 0.6) is 0 Å². The van der Waals surface area contributed by atoms with Crippen molar-refractivity contribution >= 4 is 0 Å². The van der Waals surface area contributed by atoms with Gasteiger partial charge in [0.25, 0.3) is 0 Å². The molecule has 2 nitrogen and oxygen atoms in total. The van der Waals surface area contributed by atoms with Crippen LogP contribution in [0, 0.1) is 5.92 Å². The quantitative estimate of drug-likeness (QED) is 0.511. The summed E-state index contributed by atoms with van der Waals surface area (Å²) in [4.78, 5) is 0. The first-order chi connectivity index (χ1) is 3.84. The SMILES string of the molecule is OC[C@@H]1CCCC1O. The molecule has 48 valence electrons. The maximum Gasteiger partial charge on any atom is 0.0590 e. The second-order valence-corrected chi connectivity index (χ2v) is 2.44. The van der Waals surface area contributed by atoms with E-state index in [0.717, 1.165) is 19.3 Å². The average molecular weight is 116 g/mol. The maximum atomic E-state index is 9.03. The van der Waals surface area contributed by atoms with Crippen LogP contribution in [0.2, 0.25) is 0 Å². The number of hydrogen-bond donors (Lipinski definition) is 2. The number of rotatable bonds is 1. The van der Waals surface area contributed by atoms with Crippen molar-refractivity contribution in [3.05, 3.63) is 0 Å². The molecule has 0 aromatic heterocycles. The molecule has 8 heavy (non-hydrogen) atoms. The first-order valence-corrected chi connectivity index (χ1v) is 3.13. The van der Waals surface area contributed by atoms with Gasteiger partial charge in [-0.25, -0.2) is 0 Å². The van der Waals surface area contributed by atoms with Crippen molar-refractivity contribution in [2.75, 3.05) is 6.61 Å². The van der Waals surface area contributed by atoms with Gasteiger partial charge in [0.05, 0.1) is 6.10 Å². The molecule has 0 radical (unpaired) electrons. The smallest absolute Gasteiger partial charge is 0.0590 e. The van der Waals surface area contributed by atoms with Crippen molar-refractivity contribution in [2.45, 2.75) is 25.4 Å². The summed E-state index contributed by atoms with van der Waals surface area (Å²) in [7, 11) is 0. The summed E-state index contributed by atoms with van der Waals surface area (Å²) in [6, 6.07) is 0. The van der Waals surface area contributed by atoms with Gasteiger partial charge in [0.15, 0.2) is 0 Å². The molecular weight excluding hydrogens is 104 g/mol. The van der Waals surface area contributed by atoms with Crippen LogP contribution in [0.4, 0.5) is 0 Å². The van der Waals surface area contributed by atoms with Crippen LogP contribution in [0.15, 0.2) is 0 Å². The molecule has 0 spiro atoms. The van der Waals surface area contributed by atoms with Crippen LogP contribution in [-0.4, -0.2) is 22.9 Å². The van der Waals surface area contributed by atoms with Crippen molar-refractivity contribution in [1.29, 1.82) is 0 Å². The van der Waals surface area contributed by atoms with Gasteiger partial charge in [-0.2, -0.15) is 0 Å². The lowest BCUT2D eigenvalue weighted by atomic mass is 10.1. The minimum atomic E-state index is -0.222. The lowest BCUT2D eigenvalue weighted by molar-refractivity contribution is 0.0909. The first-order valence-electron chi connectivity index (χ1n) is 3.13. The standard InChI is InChI=1S/C6H12O2/c7-4-5-2-1-3-6(5)8/h5-8H,1-4H2/t5-,6?/m0/s1. The molecule has 1 unspecified atom stereocenters. The van der Waals surface area contributed by atoms with Gasteiger partial charge in [-0.05, 0) is 12.8 Å². The van der Waals surface area contributed by atoms with Crippen molar-refractivity contribution in [1.82, 2.24) is 0 Å². The van der Waals surface area contributed by atoms with Crippen LogP contribution in [-0.2, 0) is 0 Å². The molecule has 0 aliphatic heterocycles. The summed E-state index contributed by atoms with van der Waals surface area (Å²) in [5.74, 6) is 0.176. The summed E-state index contributed by atoms with van der Waals surface area (Å²) in [6.45, 7) is 0.154. The molecule has 1 fully saturated rings.